The predicted octanol–water partition coefficient (Wildman–Crippen LogP) is 3.04. The second-order valence-electron chi connectivity index (χ2n) is 11.5. The first-order valence-electron chi connectivity index (χ1n) is 11.6. The molecule has 6 heteroatoms. The number of Topliss-reactive ketones (excluding diaryl/α,β-unsaturated/α-hetero) is 1. The van der Waals surface area contributed by atoms with E-state index in [9.17, 15) is 19.8 Å². The average Bonchev–Trinajstić information content (AvgIpc) is 2.65. The number of hydrogen-bond acceptors (Lipinski definition) is 6. The molecule has 174 valence electrons. The molecule has 4 rings (SSSR count). The van der Waals surface area contributed by atoms with Crippen molar-refractivity contribution in [2.45, 2.75) is 91.6 Å². The summed E-state index contributed by atoms with van der Waals surface area (Å²) in [5.41, 5.74) is -2.27. The zero-order chi connectivity index (χ0) is 23.3. The van der Waals surface area contributed by atoms with Gasteiger partial charge in [-0.25, -0.2) is 0 Å². The highest BCUT2D eigenvalue weighted by molar-refractivity contribution is 5.91. The van der Waals surface area contributed by atoms with Crippen LogP contribution in [0.15, 0.2) is 11.1 Å². The van der Waals surface area contributed by atoms with Crippen LogP contribution in [-0.2, 0) is 19.1 Å². The number of aliphatic hydroxyl groups is 2. The highest BCUT2D eigenvalue weighted by atomic mass is 16.6. The minimum Gasteiger partial charge on any atom is -0.454 e. The van der Waals surface area contributed by atoms with E-state index in [2.05, 4.69) is 6.92 Å². The SMILES string of the molecule is CC(=O)O[C@@]12CO[C@@H]1C[C@H](C)[C@@]1(C)C(=O)[C@H](C)C3=C(C)[C@@H](C)C[C@@](O)([C@@H](O)C12)C3(C)C. The average molecular weight is 435 g/mol. The van der Waals surface area contributed by atoms with E-state index < -0.39 is 45.9 Å². The Morgan fingerprint density at radius 2 is 1.81 bits per heavy atom. The molecule has 0 spiro atoms. The van der Waals surface area contributed by atoms with E-state index in [0.717, 1.165) is 11.1 Å². The van der Waals surface area contributed by atoms with Gasteiger partial charge in [0.1, 0.15) is 17.5 Å². The van der Waals surface area contributed by atoms with Crippen LogP contribution in [0, 0.1) is 34.5 Å². The van der Waals surface area contributed by atoms with Gasteiger partial charge in [0.2, 0.25) is 0 Å². The second kappa shape index (κ2) is 6.64. The molecule has 4 aliphatic rings. The van der Waals surface area contributed by atoms with Crippen molar-refractivity contribution in [3.8, 4) is 0 Å². The minimum atomic E-state index is -1.47. The third-order valence-electron chi connectivity index (χ3n) is 9.85. The van der Waals surface area contributed by atoms with Crippen molar-refractivity contribution in [1.82, 2.24) is 0 Å². The van der Waals surface area contributed by atoms with Gasteiger partial charge in [0.05, 0.1) is 12.7 Å². The number of esters is 1. The van der Waals surface area contributed by atoms with Crippen LogP contribution in [0.1, 0.15) is 68.2 Å². The topological polar surface area (TPSA) is 93.1 Å². The van der Waals surface area contributed by atoms with Crippen molar-refractivity contribution in [1.29, 1.82) is 0 Å². The largest absolute Gasteiger partial charge is 0.454 e. The first kappa shape index (κ1) is 22.9. The van der Waals surface area contributed by atoms with E-state index in [0.29, 0.717) is 12.8 Å². The van der Waals surface area contributed by atoms with Gasteiger partial charge in [-0.15, -0.1) is 0 Å². The van der Waals surface area contributed by atoms with Gasteiger partial charge in [0.25, 0.3) is 0 Å². The molecule has 1 heterocycles. The van der Waals surface area contributed by atoms with Crippen molar-refractivity contribution in [3.63, 3.8) is 0 Å². The Morgan fingerprint density at radius 1 is 1.19 bits per heavy atom. The van der Waals surface area contributed by atoms with Gasteiger partial charge < -0.3 is 19.7 Å². The van der Waals surface area contributed by atoms with Crippen LogP contribution in [-0.4, -0.2) is 52.0 Å². The number of carbonyl (C=O) groups is 2. The summed E-state index contributed by atoms with van der Waals surface area (Å²) in [5, 5.41) is 24.3. The molecule has 2 N–H and O–H groups in total. The fourth-order valence-corrected chi connectivity index (χ4v) is 7.83. The quantitative estimate of drug-likeness (QED) is 0.487. The fourth-order valence-electron chi connectivity index (χ4n) is 7.83. The maximum atomic E-state index is 14.3. The van der Waals surface area contributed by atoms with Crippen LogP contribution in [0.5, 0.6) is 0 Å². The molecule has 1 unspecified atom stereocenters. The molecule has 6 nitrogen and oxygen atoms in total. The molecule has 31 heavy (non-hydrogen) atoms. The third-order valence-corrected chi connectivity index (χ3v) is 9.85. The lowest BCUT2D eigenvalue weighted by Crippen LogP contribution is -2.79. The predicted molar refractivity (Wildman–Crippen MR) is 115 cm³/mol. The minimum absolute atomic E-state index is 0.0291. The summed E-state index contributed by atoms with van der Waals surface area (Å²) in [6, 6.07) is 0. The van der Waals surface area contributed by atoms with E-state index in [4.69, 9.17) is 9.47 Å². The van der Waals surface area contributed by atoms with Crippen molar-refractivity contribution in [3.05, 3.63) is 11.1 Å². The van der Waals surface area contributed by atoms with Gasteiger partial charge in [-0.05, 0) is 31.6 Å². The number of allylic oxidation sites excluding steroid dienone is 1. The van der Waals surface area contributed by atoms with Gasteiger partial charge in [0.15, 0.2) is 5.60 Å². The van der Waals surface area contributed by atoms with Crippen molar-refractivity contribution in [2.24, 2.45) is 34.5 Å². The Morgan fingerprint density at radius 3 is 2.32 bits per heavy atom. The Labute approximate surface area is 185 Å². The highest BCUT2D eigenvalue weighted by Crippen LogP contribution is 2.65. The molecule has 2 bridgehead atoms. The zero-order valence-corrected chi connectivity index (χ0v) is 20.1. The molecule has 1 aliphatic heterocycles. The van der Waals surface area contributed by atoms with Gasteiger partial charge in [-0.3, -0.25) is 9.59 Å². The second-order valence-corrected chi connectivity index (χ2v) is 11.5. The summed E-state index contributed by atoms with van der Waals surface area (Å²) in [6.45, 7) is 15.3. The number of fused-ring (bicyclic) bond motifs is 5. The van der Waals surface area contributed by atoms with Gasteiger partial charge in [-0.2, -0.15) is 0 Å². The van der Waals surface area contributed by atoms with Crippen molar-refractivity contribution < 1.29 is 29.3 Å². The number of ketones is 1. The summed E-state index contributed by atoms with van der Waals surface area (Å²) in [5.74, 6) is -1.63. The van der Waals surface area contributed by atoms with Gasteiger partial charge in [0, 0.05) is 29.6 Å². The lowest BCUT2D eigenvalue weighted by Gasteiger charge is -2.68. The smallest absolute Gasteiger partial charge is 0.303 e. The summed E-state index contributed by atoms with van der Waals surface area (Å²) in [4.78, 5) is 26.4. The molecular formula is C25H38O6. The third kappa shape index (κ3) is 2.56. The van der Waals surface area contributed by atoms with E-state index in [1.54, 1.807) is 0 Å². The number of ether oxygens (including phenoxy) is 2. The Bertz CT molecular complexity index is 860. The molecule has 0 amide bonds. The highest BCUT2D eigenvalue weighted by Gasteiger charge is 2.75. The lowest BCUT2D eigenvalue weighted by atomic mass is 9.42. The Hall–Kier alpha value is -1.24. The normalized spacial score (nSPS) is 51.1. The molecule has 3 aliphatic carbocycles. The molecule has 0 aromatic carbocycles. The van der Waals surface area contributed by atoms with Crippen LogP contribution < -0.4 is 0 Å². The molecule has 3 fully saturated rings. The van der Waals surface area contributed by atoms with Gasteiger partial charge in [-0.1, -0.05) is 52.7 Å². The van der Waals surface area contributed by atoms with Crippen LogP contribution in [0.2, 0.25) is 0 Å². The van der Waals surface area contributed by atoms with E-state index in [1.807, 2.05) is 41.5 Å². The van der Waals surface area contributed by atoms with Crippen molar-refractivity contribution in [2.75, 3.05) is 6.61 Å². The molecule has 1 saturated heterocycles. The standard InChI is InChI=1S/C25H38O6/c1-12-10-25(29)21(28)19-23(8,20(27)15(4)18(14(12)3)22(25,6)7)13(2)9-17-24(19,11-30-17)31-16(5)26/h12-13,15,17,19,21,28-29H,9-11H2,1-8H3/t12-,13-,15+,17+,19?,21-,23+,24-,25+/m0/s1. The monoisotopic (exact) mass is 434 g/mol. The molecule has 2 saturated carbocycles. The summed E-state index contributed by atoms with van der Waals surface area (Å²) >= 11 is 0. The van der Waals surface area contributed by atoms with E-state index >= 15 is 0 Å². The first-order valence-corrected chi connectivity index (χ1v) is 11.6. The molecular weight excluding hydrogens is 396 g/mol. The van der Waals surface area contributed by atoms with Crippen LogP contribution in [0.25, 0.3) is 0 Å². The molecule has 0 radical (unpaired) electrons. The molecule has 9 atom stereocenters. The van der Waals surface area contributed by atoms with Crippen LogP contribution in [0.3, 0.4) is 0 Å². The number of hydrogen-bond donors (Lipinski definition) is 2. The fraction of sp³-hybridized carbons (Fsp3) is 0.840. The molecule has 0 aromatic heterocycles. The molecule has 0 aromatic rings. The summed E-state index contributed by atoms with van der Waals surface area (Å²) in [7, 11) is 0. The zero-order valence-electron chi connectivity index (χ0n) is 20.1. The van der Waals surface area contributed by atoms with E-state index in [-0.39, 0.29) is 30.3 Å². The van der Waals surface area contributed by atoms with Crippen molar-refractivity contribution >= 4 is 11.8 Å². The first-order chi connectivity index (χ1) is 14.2. The van der Waals surface area contributed by atoms with Crippen LogP contribution >= 0.6 is 0 Å². The van der Waals surface area contributed by atoms with E-state index in [1.165, 1.54) is 6.92 Å². The Kier molecular flexibility index (Phi) is 4.92. The number of carbonyl (C=O) groups excluding carboxylic acids is 2. The summed E-state index contributed by atoms with van der Waals surface area (Å²) in [6.07, 6.45) is -0.670. The van der Waals surface area contributed by atoms with Gasteiger partial charge >= 0.3 is 5.97 Å². The number of rotatable bonds is 1. The summed E-state index contributed by atoms with van der Waals surface area (Å²) < 4.78 is 11.7. The Balaban J connectivity index is 2.02. The maximum absolute atomic E-state index is 14.3. The van der Waals surface area contributed by atoms with Crippen LogP contribution in [0.4, 0.5) is 0 Å². The lowest BCUT2D eigenvalue weighted by molar-refractivity contribution is -0.340. The number of aliphatic hydroxyl groups excluding tert-OH is 1. The maximum Gasteiger partial charge on any atom is 0.303 e.